The molecule has 0 saturated heterocycles. The minimum absolute atomic E-state index is 0.0810. The van der Waals surface area contributed by atoms with Crippen LogP contribution in [0.15, 0.2) is 24.3 Å². The van der Waals surface area contributed by atoms with E-state index in [0.717, 1.165) is 12.2 Å². The van der Waals surface area contributed by atoms with Crippen molar-refractivity contribution < 1.29 is 9.53 Å². The summed E-state index contributed by atoms with van der Waals surface area (Å²) < 4.78 is 5.37. The molecule has 0 fully saturated rings. The highest BCUT2D eigenvalue weighted by atomic mass is 16.5. The third kappa shape index (κ3) is 5.38. The zero-order chi connectivity index (χ0) is 12.5. The monoisotopic (exact) mass is 235 g/mol. The Morgan fingerprint density at radius 1 is 1.24 bits per heavy atom. The average molecular weight is 235 g/mol. The third-order valence-electron chi connectivity index (χ3n) is 2.49. The van der Waals surface area contributed by atoms with Crippen molar-refractivity contribution in [1.29, 1.82) is 0 Å². The van der Waals surface area contributed by atoms with Crippen LogP contribution < -0.4 is 10.1 Å². The maximum absolute atomic E-state index is 11.2. The Kier molecular flexibility index (Phi) is 6.15. The number of amides is 1. The molecule has 94 valence electrons. The van der Waals surface area contributed by atoms with Crippen molar-refractivity contribution in [3.05, 3.63) is 29.8 Å². The van der Waals surface area contributed by atoms with E-state index in [1.807, 2.05) is 19.1 Å². The fourth-order valence-corrected chi connectivity index (χ4v) is 1.53. The van der Waals surface area contributed by atoms with E-state index in [1.54, 1.807) is 0 Å². The van der Waals surface area contributed by atoms with Crippen molar-refractivity contribution in [2.45, 2.75) is 33.1 Å². The summed E-state index contributed by atoms with van der Waals surface area (Å²) in [5, 5.41) is 2.69. The standard InChI is InChI=1S/C14H21NO2/c1-3-5-6-12-7-9-13(10-8-12)17-11-14(16)15-4-2/h7-10H,3-6,11H2,1-2H3,(H,15,16). The van der Waals surface area contributed by atoms with Crippen molar-refractivity contribution >= 4 is 5.91 Å². The van der Waals surface area contributed by atoms with Gasteiger partial charge in [-0.1, -0.05) is 25.5 Å². The maximum Gasteiger partial charge on any atom is 0.257 e. The molecule has 3 heteroatoms. The highest BCUT2D eigenvalue weighted by Gasteiger charge is 2.00. The Labute approximate surface area is 103 Å². The molecule has 1 amide bonds. The van der Waals surface area contributed by atoms with E-state index in [-0.39, 0.29) is 12.5 Å². The van der Waals surface area contributed by atoms with Crippen molar-refractivity contribution in [3.8, 4) is 5.75 Å². The lowest BCUT2D eigenvalue weighted by Crippen LogP contribution is -2.28. The van der Waals surface area contributed by atoms with Gasteiger partial charge in [0, 0.05) is 6.54 Å². The minimum atomic E-state index is -0.0810. The SMILES string of the molecule is CCCCc1ccc(OCC(=O)NCC)cc1. The van der Waals surface area contributed by atoms with Gasteiger partial charge in [-0.05, 0) is 37.5 Å². The number of rotatable bonds is 7. The highest BCUT2D eigenvalue weighted by molar-refractivity contribution is 5.77. The molecule has 0 aliphatic heterocycles. The lowest BCUT2D eigenvalue weighted by atomic mass is 10.1. The highest BCUT2D eigenvalue weighted by Crippen LogP contribution is 2.13. The predicted octanol–water partition coefficient (Wildman–Crippen LogP) is 2.54. The van der Waals surface area contributed by atoms with Gasteiger partial charge in [-0.3, -0.25) is 4.79 Å². The molecule has 0 heterocycles. The summed E-state index contributed by atoms with van der Waals surface area (Å²) in [6.07, 6.45) is 3.52. The quantitative estimate of drug-likeness (QED) is 0.788. The second-order valence-electron chi connectivity index (χ2n) is 3.99. The minimum Gasteiger partial charge on any atom is -0.484 e. The summed E-state index contributed by atoms with van der Waals surface area (Å²) >= 11 is 0. The molecule has 0 bridgehead atoms. The Hall–Kier alpha value is -1.51. The van der Waals surface area contributed by atoms with Crippen molar-refractivity contribution in [1.82, 2.24) is 5.32 Å². The Morgan fingerprint density at radius 3 is 2.53 bits per heavy atom. The summed E-state index contributed by atoms with van der Waals surface area (Å²) in [5.74, 6) is 0.666. The number of unbranched alkanes of at least 4 members (excludes halogenated alkanes) is 1. The van der Waals surface area contributed by atoms with Gasteiger partial charge in [-0.25, -0.2) is 0 Å². The van der Waals surface area contributed by atoms with Gasteiger partial charge in [-0.15, -0.1) is 0 Å². The van der Waals surface area contributed by atoms with E-state index < -0.39 is 0 Å². The van der Waals surface area contributed by atoms with E-state index in [0.29, 0.717) is 6.54 Å². The van der Waals surface area contributed by atoms with Gasteiger partial charge in [0.2, 0.25) is 0 Å². The molecule has 0 aliphatic rings. The Bertz CT molecular complexity index is 333. The normalized spacial score (nSPS) is 10.0. The summed E-state index contributed by atoms with van der Waals surface area (Å²) in [7, 11) is 0. The summed E-state index contributed by atoms with van der Waals surface area (Å²) in [5.41, 5.74) is 1.32. The lowest BCUT2D eigenvalue weighted by molar-refractivity contribution is -0.122. The Balaban J connectivity index is 2.37. The zero-order valence-electron chi connectivity index (χ0n) is 10.7. The largest absolute Gasteiger partial charge is 0.484 e. The van der Waals surface area contributed by atoms with Crippen LogP contribution in [0.1, 0.15) is 32.3 Å². The van der Waals surface area contributed by atoms with Gasteiger partial charge >= 0.3 is 0 Å². The number of aryl methyl sites for hydroxylation is 1. The molecule has 0 saturated carbocycles. The van der Waals surface area contributed by atoms with Crippen LogP contribution in [0.4, 0.5) is 0 Å². The molecule has 0 spiro atoms. The smallest absolute Gasteiger partial charge is 0.257 e. The molecule has 0 aromatic heterocycles. The van der Waals surface area contributed by atoms with Crippen molar-refractivity contribution in [2.75, 3.05) is 13.2 Å². The van der Waals surface area contributed by atoms with Crippen LogP contribution in [0.25, 0.3) is 0 Å². The van der Waals surface area contributed by atoms with Gasteiger partial charge in [-0.2, -0.15) is 0 Å². The molecule has 1 rings (SSSR count). The number of carbonyl (C=O) groups excluding carboxylic acids is 1. The van der Waals surface area contributed by atoms with Crippen LogP contribution in [-0.4, -0.2) is 19.1 Å². The number of nitrogens with one attached hydrogen (secondary N) is 1. The van der Waals surface area contributed by atoms with Gasteiger partial charge in [0.1, 0.15) is 5.75 Å². The number of hydrogen-bond acceptors (Lipinski definition) is 2. The van der Waals surface area contributed by atoms with Gasteiger partial charge in [0.15, 0.2) is 6.61 Å². The van der Waals surface area contributed by atoms with Crippen LogP contribution in [0, 0.1) is 0 Å². The number of carbonyl (C=O) groups is 1. The number of likely N-dealkylation sites (N-methyl/N-ethyl adjacent to an activating group) is 1. The van der Waals surface area contributed by atoms with Gasteiger partial charge < -0.3 is 10.1 Å². The second kappa shape index (κ2) is 7.71. The van der Waals surface area contributed by atoms with Crippen LogP contribution in [0.5, 0.6) is 5.75 Å². The van der Waals surface area contributed by atoms with E-state index in [4.69, 9.17) is 4.74 Å². The first kappa shape index (κ1) is 13.6. The lowest BCUT2D eigenvalue weighted by Gasteiger charge is -2.07. The Morgan fingerprint density at radius 2 is 1.94 bits per heavy atom. The predicted molar refractivity (Wildman–Crippen MR) is 69.2 cm³/mol. The first-order valence-electron chi connectivity index (χ1n) is 6.24. The van der Waals surface area contributed by atoms with E-state index in [1.165, 1.54) is 18.4 Å². The molecule has 0 radical (unpaired) electrons. The van der Waals surface area contributed by atoms with E-state index in [9.17, 15) is 4.79 Å². The molecule has 0 unspecified atom stereocenters. The summed E-state index contributed by atoms with van der Waals surface area (Å²) in [6.45, 7) is 4.80. The second-order valence-corrected chi connectivity index (χ2v) is 3.99. The van der Waals surface area contributed by atoms with Crippen LogP contribution in [0.3, 0.4) is 0 Å². The van der Waals surface area contributed by atoms with Gasteiger partial charge in [0.25, 0.3) is 5.91 Å². The number of hydrogen-bond donors (Lipinski definition) is 1. The van der Waals surface area contributed by atoms with Crippen molar-refractivity contribution in [2.24, 2.45) is 0 Å². The van der Waals surface area contributed by atoms with E-state index in [2.05, 4.69) is 24.4 Å². The number of ether oxygens (including phenoxy) is 1. The third-order valence-corrected chi connectivity index (χ3v) is 2.49. The molecule has 17 heavy (non-hydrogen) atoms. The van der Waals surface area contributed by atoms with Crippen molar-refractivity contribution in [3.63, 3.8) is 0 Å². The molecular weight excluding hydrogens is 214 g/mol. The average Bonchev–Trinajstić information content (AvgIpc) is 2.35. The zero-order valence-corrected chi connectivity index (χ0v) is 10.7. The molecule has 1 aromatic rings. The van der Waals surface area contributed by atoms with Crippen LogP contribution in [-0.2, 0) is 11.2 Å². The summed E-state index contributed by atoms with van der Waals surface area (Å²) in [6, 6.07) is 7.96. The molecule has 0 atom stereocenters. The topological polar surface area (TPSA) is 38.3 Å². The fraction of sp³-hybridized carbons (Fsp3) is 0.500. The molecule has 1 aromatic carbocycles. The molecule has 0 aliphatic carbocycles. The van der Waals surface area contributed by atoms with Gasteiger partial charge in [0.05, 0.1) is 0 Å². The molecule has 3 nitrogen and oxygen atoms in total. The van der Waals surface area contributed by atoms with Crippen LogP contribution >= 0.6 is 0 Å². The summed E-state index contributed by atoms with van der Waals surface area (Å²) in [4.78, 5) is 11.2. The van der Waals surface area contributed by atoms with E-state index >= 15 is 0 Å². The maximum atomic E-state index is 11.2. The first-order valence-corrected chi connectivity index (χ1v) is 6.24. The molecule has 1 N–H and O–H groups in total. The number of benzene rings is 1. The first-order chi connectivity index (χ1) is 8.26. The molecular formula is C14H21NO2. The van der Waals surface area contributed by atoms with Crippen LogP contribution in [0.2, 0.25) is 0 Å². The fourth-order valence-electron chi connectivity index (χ4n) is 1.53.